The Hall–Kier alpha value is -3.13. The monoisotopic (exact) mass is 472 g/mol. The molecule has 2 aromatic carbocycles. The number of carbonyl (C=O) groups is 3. The number of carbonyl (C=O) groups excluding carboxylic acids is 3. The van der Waals surface area contributed by atoms with Gasteiger partial charge in [0.25, 0.3) is 5.91 Å². The number of hydrogen-bond acceptors (Lipinski definition) is 5. The molecular weight excluding hydrogens is 459 g/mol. The third kappa shape index (κ3) is 3.72. The molecule has 31 heavy (non-hydrogen) atoms. The second kappa shape index (κ2) is 8.19. The highest BCUT2D eigenvalue weighted by Gasteiger charge is 2.24. The van der Waals surface area contributed by atoms with Crippen molar-refractivity contribution in [3.05, 3.63) is 80.8 Å². The minimum atomic E-state index is -0.540. The smallest absolute Gasteiger partial charge is 0.348 e. The molecule has 1 amide bonds. The number of benzene rings is 2. The number of nitrogens with two attached hydrogens (primary N) is 1. The number of rotatable bonds is 4. The van der Waals surface area contributed by atoms with E-state index in [9.17, 15) is 14.4 Å². The maximum absolute atomic E-state index is 13.4. The minimum Gasteiger partial charge on any atom is -0.465 e. The van der Waals surface area contributed by atoms with Gasteiger partial charge in [-0.05, 0) is 35.9 Å². The standard InChI is InChI=1S/C22H14Cl2N2O4S/c1-30-22(29)17-9-16-19(31-17)13(11-5-7-12(8-6-11)20(25)27)10-26(16)21(28)18-14(23)3-2-4-15(18)24/h2-10H,1H3,(H2,25,27). The second-order valence-electron chi connectivity index (χ2n) is 6.57. The minimum absolute atomic E-state index is 0.157. The average molecular weight is 473 g/mol. The van der Waals surface area contributed by atoms with Crippen molar-refractivity contribution in [2.24, 2.45) is 5.73 Å². The van der Waals surface area contributed by atoms with Gasteiger partial charge in [-0.15, -0.1) is 11.3 Å². The van der Waals surface area contributed by atoms with Crippen LogP contribution in [-0.2, 0) is 4.74 Å². The first-order chi connectivity index (χ1) is 14.8. The van der Waals surface area contributed by atoms with E-state index >= 15 is 0 Å². The topological polar surface area (TPSA) is 91.4 Å². The predicted octanol–water partition coefficient (Wildman–Crippen LogP) is 5.25. The van der Waals surface area contributed by atoms with Crippen LogP contribution in [0, 0.1) is 0 Å². The lowest BCUT2D eigenvalue weighted by molar-refractivity contribution is 0.0606. The normalized spacial score (nSPS) is 10.9. The molecule has 0 bridgehead atoms. The van der Waals surface area contributed by atoms with Crippen molar-refractivity contribution in [2.75, 3.05) is 7.11 Å². The quantitative estimate of drug-likeness (QED) is 0.410. The van der Waals surface area contributed by atoms with Gasteiger partial charge in [0.2, 0.25) is 5.91 Å². The lowest BCUT2D eigenvalue weighted by atomic mass is 10.1. The van der Waals surface area contributed by atoms with E-state index in [-0.39, 0.29) is 15.6 Å². The van der Waals surface area contributed by atoms with E-state index in [4.69, 9.17) is 33.7 Å². The number of thiophene rings is 1. The lowest BCUT2D eigenvalue weighted by Gasteiger charge is -2.07. The highest BCUT2D eigenvalue weighted by atomic mass is 35.5. The van der Waals surface area contributed by atoms with Crippen molar-refractivity contribution in [1.82, 2.24) is 4.57 Å². The Morgan fingerprint density at radius 3 is 2.26 bits per heavy atom. The van der Waals surface area contributed by atoms with Crippen molar-refractivity contribution in [3.63, 3.8) is 0 Å². The van der Waals surface area contributed by atoms with Crippen LogP contribution in [0.3, 0.4) is 0 Å². The van der Waals surface area contributed by atoms with Crippen LogP contribution in [0.5, 0.6) is 0 Å². The summed E-state index contributed by atoms with van der Waals surface area (Å²) in [5, 5.41) is 0.435. The molecule has 0 unspecified atom stereocenters. The van der Waals surface area contributed by atoms with Gasteiger partial charge < -0.3 is 10.5 Å². The molecular formula is C22H14Cl2N2O4S. The summed E-state index contributed by atoms with van der Waals surface area (Å²) in [4.78, 5) is 37.2. The van der Waals surface area contributed by atoms with E-state index in [0.717, 1.165) is 5.56 Å². The largest absolute Gasteiger partial charge is 0.465 e. The molecule has 0 atom stereocenters. The van der Waals surface area contributed by atoms with E-state index in [0.29, 0.717) is 26.2 Å². The van der Waals surface area contributed by atoms with E-state index in [1.54, 1.807) is 54.7 Å². The van der Waals surface area contributed by atoms with Crippen LogP contribution < -0.4 is 5.73 Å². The summed E-state index contributed by atoms with van der Waals surface area (Å²) in [6.45, 7) is 0. The highest BCUT2D eigenvalue weighted by Crippen LogP contribution is 2.38. The summed E-state index contributed by atoms with van der Waals surface area (Å²) < 4.78 is 6.93. The molecule has 0 saturated carbocycles. The van der Waals surface area contributed by atoms with E-state index in [1.807, 2.05) is 0 Å². The molecule has 0 aliphatic carbocycles. The molecule has 2 heterocycles. The number of ether oxygens (including phenoxy) is 1. The van der Waals surface area contributed by atoms with Gasteiger partial charge >= 0.3 is 5.97 Å². The van der Waals surface area contributed by atoms with Gasteiger partial charge in [-0.3, -0.25) is 14.2 Å². The molecule has 4 aromatic rings. The second-order valence-corrected chi connectivity index (χ2v) is 8.44. The molecule has 2 N–H and O–H groups in total. The number of esters is 1. The number of methoxy groups -OCH3 is 1. The zero-order valence-electron chi connectivity index (χ0n) is 16.0. The number of halogens is 2. The van der Waals surface area contributed by atoms with E-state index in [1.165, 1.54) is 23.0 Å². The summed E-state index contributed by atoms with van der Waals surface area (Å²) in [7, 11) is 1.29. The van der Waals surface area contributed by atoms with E-state index < -0.39 is 17.8 Å². The molecule has 0 spiro atoms. The zero-order chi connectivity index (χ0) is 22.3. The van der Waals surface area contributed by atoms with E-state index in [2.05, 4.69) is 0 Å². The summed E-state index contributed by atoms with van der Waals surface area (Å²) in [5.41, 5.74) is 7.79. The van der Waals surface area contributed by atoms with Gasteiger partial charge in [0, 0.05) is 17.3 Å². The highest BCUT2D eigenvalue weighted by molar-refractivity contribution is 7.21. The Kier molecular flexibility index (Phi) is 5.58. The Balaban J connectivity index is 1.93. The van der Waals surface area contributed by atoms with Gasteiger partial charge in [-0.2, -0.15) is 0 Å². The summed E-state index contributed by atoms with van der Waals surface area (Å²) in [5.74, 6) is -1.48. The Morgan fingerprint density at radius 1 is 1.03 bits per heavy atom. The molecule has 0 fully saturated rings. The van der Waals surface area contributed by atoms with Crippen LogP contribution in [0.1, 0.15) is 30.4 Å². The fourth-order valence-electron chi connectivity index (χ4n) is 3.22. The number of fused-ring (bicyclic) bond motifs is 1. The molecule has 0 aliphatic heterocycles. The number of primary amides is 1. The maximum Gasteiger partial charge on any atom is 0.348 e. The van der Waals surface area contributed by atoms with Crippen molar-refractivity contribution in [3.8, 4) is 11.1 Å². The first kappa shape index (κ1) is 21.1. The van der Waals surface area contributed by atoms with Crippen LogP contribution in [-0.4, -0.2) is 29.5 Å². The van der Waals surface area contributed by atoms with Crippen LogP contribution in [0.25, 0.3) is 21.3 Å². The molecule has 0 radical (unpaired) electrons. The Bertz CT molecular complexity index is 1340. The fourth-order valence-corrected chi connectivity index (χ4v) is 4.88. The van der Waals surface area contributed by atoms with Crippen LogP contribution in [0.2, 0.25) is 10.0 Å². The first-order valence-electron chi connectivity index (χ1n) is 8.94. The fraction of sp³-hybridized carbons (Fsp3) is 0.0455. The average Bonchev–Trinajstić information content (AvgIpc) is 3.32. The van der Waals surface area contributed by atoms with Gasteiger partial charge in [0.1, 0.15) is 4.88 Å². The van der Waals surface area contributed by atoms with Gasteiger partial charge in [0.05, 0.1) is 32.9 Å². The van der Waals surface area contributed by atoms with Crippen molar-refractivity contribution in [2.45, 2.75) is 0 Å². The summed E-state index contributed by atoms with van der Waals surface area (Å²) in [6, 6.07) is 13.1. The summed E-state index contributed by atoms with van der Waals surface area (Å²) in [6.07, 6.45) is 1.66. The molecule has 2 aromatic heterocycles. The molecule has 4 rings (SSSR count). The summed E-state index contributed by atoms with van der Waals surface area (Å²) >= 11 is 13.7. The van der Waals surface area contributed by atoms with Crippen molar-refractivity contribution < 1.29 is 19.1 Å². The first-order valence-corrected chi connectivity index (χ1v) is 10.5. The molecule has 6 nitrogen and oxygen atoms in total. The number of aromatic nitrogens is 1. The molecule has 156 valence electrons. The Labute approximate surface area is 190 Å². The third-order valence-electron chi connectivity index (χ3n) is 4.74. The number of hydrogen-bond donors (Lipinski definition) is 1. The van der Waals surface area contributed by atoms with Crippen molar-refractivity contribution >= 4 is 62.5 Å². The molecule has 9 heteroatoms. The van der Waals surface area contributed by atoms with Crippen LogP contribution >= 0.6 is 34.5 Å². The SMILES string of the molecule is COC(=O)c1cc2c(s1)c(-c1ccc(C(N)=O)cc1)cn2C(=O)c1c(Cl)cccc1Cl. The Morgan fingerprint density at radius 2 is 1.68 bits per heavy atom. The zero-order valence-corrected chi connectivity index (χ0v) is 18.3. The van der Waals surface area contributed by atoms with Gasteiger partial charge in [0.15, 0.2) is 0 Å². The maximum atomic E-state index is 13.4. The number of nitrogens with zero attached hydrogens (tertiary/aromatic N) is 1. The van der Waals surface area contributed by atoms with Gasteiger partial charge in [-0.1, -0.05) is 41.4 Å². The van der Waals surface area contributed by atoms with Crippen molar-refractivity contribution in [1.29, 1.82) is 0 Å². The van der Waals surface area contributed by atoms with Gasteiger partial charge in [-0.25, -0.2) is 4.79 Å². The van der Waals surface area contributed by atoms with Crippen LogP contribution in [0.15, 0.2) is 54.7 Å². The lowest BCUT2D eigenvalue weighted by Crippen LogP contribution is -2.12. The van der Waals surface area contributed by atoms with Crippen LogP contribution in [0.4, 0.5) is 0 Å². The third-order valence-corrected chi connectivity index (χ3v) is 6.50. The number of amides is 1. The molecule has 0 aliphatic rings. The predicted molar refractivity (Wildman–Crippen MR) is 121 cm³/mol. The molecule has 0 saturated heterocycles.